The summed E-state index contributed by atoms with van der Waals surface area (Å²) in [7, 11) is -4.30. The highest BCUT2D eigenvalue weighted by Crippen LogP contribution is 2.38. The van der Waals surface area contributed by atoms with E-state index in [9.17, 15) is 26.4 Å². The molecule has 0 bridgehead atoms. The number of nitrogens with two attached hydrogens (primary N) is 1. The summed E-state index contributed by atoms with van der Waals surface area (Å²) in [4.78, 5) is 15.8. The maximum absolute atomic E-state index is 14.9. The number of carbonyl (C=O) groups is 1. The number of rotatable bonds is 4. The molecule has 1 saturated heterocycles. The molecule has 2 aliphatic heterocycles. The molecule has 6 nitrogen and oxygen atoms in total. The number of hydrogen-bond donors (Lipinski definition) is 1. The van der Waals surface area contributed by atoms with Crippen molar-refractivity contribution in [1.82, 2.24) is 0 Å². The van der Waals surface area contributed by atoms with E-state index in [1.807, 2.05) is 0 Å². The number of fused-ring (bicyclic) bond motifs is 1. The second kappa shape index (κ2) is 8.39. The first-order valence-electron chi connectivity index (χ1n) is 11.0. The fourth-order valence-corrected chi connectivity index (χ4v) is 5.43. The molecule has 3 aromatic rings. The zero-order valence-corrected chi connectivity index (χ0v) is 19.5. The Morgan fingerprint density at radius 1 is 0.943 bits per heavy atom. The van der Waals surface area contributed by atoms with Gasteiger partial charge in [0.05, 0.1) is 11.6 Å². The van der Waals surface area contributed by atoms with Gasteiger partial charge < -0.3 is 9.80 Å². The van der Waals surface area contributed by atoms with Crippen molar-refractivity contribution in [3.63, 3.8) is 0 Å². The highest BCUT2D eigenvalue weighted by atomic mass is 32.2. The van der Waals surface area contributed by atoms with Crippen LogP contribution in [0.2, 0.25) is 0 Å². The number of benzene rings is 3. The molecule has 1 amide bonds. The van der Waals surface area contributed by atoms with Crippen molar-refractivity contribution in [3.8, 4) is 11.1 Å². The fourth-order valence-electron chi connectivity index (χ4n) is 4.83. The fraction of sp³-hybridized carbons (Fsp3) is 0.240. The van der Waals surface area contributed by atoms with E-state index < -0.39 is 38.3 Å². The number of hydrogen-bond acceptors (Lipinski definition) is 4. The molecular weight excluding hydrogens is 479 g/mol. The predicted octanol–water partition coefficient (Wildman–Crippen LogP) is 3.83. The predicted molar refractivity (Wildman–Crippen MR) is 126 cm³/mol. The zero-order chi connectivity index (χ0) is 25.1. The van der Waals surface area contributed by atoms with Gasteiger partial charge in [0.25, 0.3) is 0 Å². The molecule has 2 N–H and O–H groups in total. The molecule has 5 rings (SSSR count). The van der Waals surface area contributed by atoms with Crippen LogP contribution in [0.5, 0.6) is 0 Å². The van der Waals surface area contributed by atoms with Crippen LogP contribution in [0.15, 0.2) is 59.5 Å². The number of halogens is 3. The molecule has 1 unspecified atom stereocenters. The Labute approximate surface area is 200 Å². The van der Waals surface area contributed by atoms with Gasteiger partial charge in [-0.05, 0) is 54.8 Å². The highest BCUT2D eigenvalue weighted by molar-refractivity contribution is 7.89. The average Bonchev–Trinajstić information content (AvgIpc) is 3.07. The average molecular weight is 502 g/mol. The van der Waals surface area contributed by atoms with Crippen molar-refractivity contribution in [2.24, 2.45) is 11.1 Å². The van der Waals surface area contributed by atoms with Crippen LogP contribution in [0.1, 0.15) is 12.5 Å². The van der Waals surface area contributed by atoms with Crippen molar-refractivity contribution in [2.75, 3.05) is 22.9 Å². The van der Waals surface area contributed by atoms with Gasteiger partial charge in [-0.25, -0.2) is 26.7 Å². The van der Waals surface area contributed by atoms with Gasteiger partial charge in [0, 0.05) is 30.4 Å². The molecule has 10 heteroatoms. The summed E-state index contributed by atoms with van der Waals surface area (Å²) >= 11 is 0. The van der Waals surface area contributed by atoms with Gasteiger partial charge in [0.15, 0.2) is 0 Å². The lowest BCUT2D eigenvalue weighted by Gasteiger charge is -2.42. The molecule has 0 aliphatic carbocycles. The van der Waals surface area contributed by atoms with E-state index in [0.717, 1.165) is 12.1 Å². The van der Waals surface area contributed by atoms with Crippen LogP contribution in [-0.4, -0.2) is 33.5 Å². The molecule has 35 heavy (non-hydrogen) atoms. The topological polar surface area (TPSA) is 83.7 Å². The lowest BCUT2D eigenvalue weighted by atomic mass is 9.96. The molecule has 1 fully saturated rings. The van der Waals surface area contributed by atoms with E-state index in [4.69, 9.17) is 5.14 Å². The van der Waals surface area contributed by atoms with E-state index in [0.29, 0.717) is 34.5 Å². The summed E-state index contributed by atoms with van der Waals surface area (Å²) in [5.74, 6) is -2.61. The first-order chi connectivity index (χ1) is 16.5. The molecular formula is C25H22F3N3O3S. The van der Waals surface area contributed by atoms with Crippen LogP contribution >= 0.6 is 0 Å². The summed E-state index contributed by atoms with van der Waals surface area (Å²) in [5.41, 5.74) is 1.88. The van der Waals surface area contributed by atoms with E-state index in [2.05, 4.69) is 0 Å². The van der Waals surface area contributed by atoms with Crippen molar-refractivity contribution in [2.45, 2.75) is 24.3 Å². The quantitative estimate of drug-likeness (QED) is 0.589. The third-order valence-corrected chi connectivity index (χ3v) is 7.52. The van der Waals surface area contributed by atoms with Crippen molar-refractivity contribution < 1.29 is 26.4 Å². The normalized spacial score (nSPS) is 17.9. The second-order valence-electron chi connectivity index (χ2n) is 8.97. The molecule has 3 aromatic carbocycles. The minimum absolute atomic E-state index is 0.247. The Hall–Kier alpha value is -3.37. The first kappa shape index (κ1) is 23.4. The van der Waals surface area contributed by atoms with Gasteiger partial charge in [-0.15, -0.1) is 0 Å². The zero-order valence-electron chi connectivity index (χ0n) is 18.7. The Kier molecular flexibility index (Phi) is 5.60. The molecule has 0 spiro atoms. The summed E-state index contributed by atoms with van der Waals surface area (Å²) < 4.78 is 66.6. The molecule has 0 aromatic heterocycles. The third-order valence-electron chi connectivity index (χ3n) is 6.60. The van der Waals surface area contributed by atoms with Crippen LogP contribution in [0, 0.1) is 23.4 Å². The van der Waals surface area contributed by atoms with E-state index in [-0.39, 0.29) is 25.0 Å². The van der Waals surface area contributed by atoms with Crippen LogP contribution < -0.4 is 14.9 Å². The van der Waals surface area contributed by atoms with Gasteiger partial charge in [0.2, 0.25) is 15.9 Å². The number of nitrogens with zero attached hydrogens (tertiary/aromatic N) is 2. The highest BCUT2D eigenvalue weighted by Gasteiger charge is 2.41. The number of primary sulfonamides is 1. The summed E-state index contributed by atoms with van der Waals surface area (Å²) in [5, 5.41) is 5.12. The Morgan fingerprint density at radius 2 is 1.66 bits per heavy atom. The molecule has 2 heterocycles. The SMILES string of the molecule is CC1Cc2cc(F)c(S(N)(=O)=O)cc2N1C(=O)C1CN(c2ccc(-c3ccccc3F)cc2F)C1. The molecule has 0 radical (unpaired) electrons. The third kappa shape index (κ3) is 4.06. The maximum atomic E-state index is 14.9. The smallest absolute Gasteiger partial charge is 0.241 e. The number of carbonyl (C=O) groups excluding carboxylic acids is 1. The lowest BCUT2D eigenvalue weighted by molar-refractivity contribution is -0.123. The van der Waals surface area contributed by atoms with Crippen molar-refractivity contribution >= 4 is 27.3 Å². The standard InChI is InChI=1S/C25H22F3N3O3S/c1-14-8-16-10-21(28)24(35(29,33)34)11-23(16)31(14)25(32)17-12-30(13-17)22-7-6-15(9-20(22)27)18-4-2-3-5-19(18)26/h2-7,9-11,14,17H,8,12-13H2,1H3,(H2,29,33,34). The van der Waals surface area contributed by atoms with Gasteiger partial charge in [-0.1, -0.05) is 24.3 Å². The van der Waals surface area contributed by atoms with Gasteiger partial charge in [-0.3, -0.25) is 4.79 Å². The van der Waals surface area contributed by atoms with Crippen LogP contribution in [-0.2, 0) is 21.2 Å². The second-order valence-corrected chi connectivity index (χ2v) is 10.5. The van der Waals surface area contributed by atoms with Crippen molar-refractivity contribution in [1.29, 1.82) is 0 Å². The summed E-state index contributed by atoms with van der Waals surface area (Å²) in [6, 6.07) is 12.5. The molecule has 182 valence electrons. The number of anilines is 2. The van der Waals surface area contributed by atoms with E-state index >= 15 is 0 Å². The van der Waals surface area contributed by atoms with Crippen LogP contribution in [0.25, 0.3) is 11.1 Å². The Bertz CT molecular complexity index is 1460. The number of amides is 1. The molecule has 0 saturated carbocycles. The van der Waals surface area contributed by atoms with Crippen LogP contribution in [0.4, 0.5) is 24.5 Å². The Balaban J connectivity index is 1.34. The van der Waals surface area contributed by atoms with Crippen LogP contribution in [0.3, 0.4) is 0 Å². The van der Waals surface area contributed by atoms with Gasteiger partial charge >= 0.3 is 0 Å². The van der Waals surface area contributed by atoms with Crippen molar-refractivity contribution in [3.05, 3.63) is 77.6 Å². The molecule has 2 aliphatic rings. The van der Waals surface area contributed by atoms with Gasteiger partial charge in [0.1, 0.15) is 22.3 Å². The largest absolute Gasteiger partial charge is 0.367 e. The van der Waals surface area contributed by atoms with Gasteiger partial charge in [-0.2, -0.15) is 0 Å². The Morgan fingerprint density at radius 3 is 2.31 bits per heavy atom. The maximum Gasteiger partial charge on any atom is 0.241 e. The summed E-state index contributed by atoms with van der Waals surface area (Å²) in [6.07, 6.45) is 0.380. The molecule has 1 atom stereocenters. The van der Waals surface area contributed by atoms with E-state index in [1.54, 1.807) is 42.2 Å². The first-order valence-corrected chi connectivity index (χ1v) is 12.6. The minimum atomic E-state index is -4.30. The lowest BCUT2D eigenvalue weighted by Crippen LogP contribution is -2.56. The number of sulfonamides is 1. The van der Waals surface area contributed by atoms with E-state index in [1.165, 1.54) is 17.0 Å². The monoisotopic (exact) mass is 501 g/mol. The summed E-state index contributed by atoms with van der Waals surface area (Å²) in [6.45, 7) is 2.32. The minimum Gasteiger partial charge on any atom is -0.367 e.